The number of benzene rings is 1. The zero-order chi connectivity index (χ0) is 16.0. The van der Waals surface area contributed by atoms with Gasteiger partial charge in [0.1, 0.15) is 5.75 Å². The van der Waals surface area contributed by atoms with Gasteiger partial charge < -0.3 is 15.6 Å². The summed E-state index contributed by atoms with van der Waals surface area (Å²) in [6.07, 6.45) is 2.66. The highest BCUT2D eigenvalue weighted by molar-refractivity contribution is 6.30. The Bertz CT molecular complexity index is 449. The van der Waals surface area contributed by atoms with Gasteiger partial charge in [0.15, 0.2) is 0 Å². The van der Waals surface area contributed by atoms with E-state index in [1.807, 2.05) is 12.1 Å². The molecule has 0 spiro atoms. The molecule has 0 aliphatic carbocycles. The summed E-state index contributed by atoms with van der Waals surface area (Å²) < 4.78 is 5.56. The van der Waals surface area contributed by atoms with E-state index in [1.54, 1.807) is 7.11 Å². The van der Waals surface area contributed by atoms with Crippen LogP contribution in [0.25, 0.3) is 0 Å². The first-order chi connectivity index (χ1) is 9.90. The summed E-state index contributed by atoms with van der Waals surface area (Å²) in [6.45, 7) is 6.30. The van der Waals surface area contributed by atoms with Crippen LogP contribution in [0.5, 0.6) is 5.75 Å². The molecule has 2 atom stereocenters. The second kappa shape index (κ2) is 8.62. The van der Waals surface area contributed by atoms with Crippen molar-refractivity contribution < 1.29 is 9.84 Å². The lowest BCUT2D eigenvalue weighted by atomic mass is 9.94. The molecule has 0 amide bonds. The van der Waals surface area contributed by atoms with Crippen LogP contribution in [0.4, 0.5) is 0 Å². The molecule has 2 unspecified atom stereocenters. The highest BCUT2D eigenvalue weighted by Crippen LogP contribution is 2.34. The number of hydrogen-bond acceptors (Lipinski definition) is 3. The lowest BCUT2D eigenvalue weighted by Crippen LogP contribution is -2.34. The largest absolute Gasteiger partial charge is 0.496 e. The van der Waals surface area contributed by atoms with Gasteiger partial charge in [0, 0.05) is 11.1 Å². The second-order valence-corrected chi connectivity index (χ2v) is 6.34. The highest BCUT2D eigenvalue weighted by Gasteiger charge is 2.17. The van der Waals surface area contributed by atoms with Crippen molar-refractivity contribution >= 4 is 11.6 Å². The zero-order valence-corrected chi connectivity index (χ0v) is 14.3. The van der Waals surface area contributed by atoms with Crippen molar-refractivity contribution in [2.45, 2.75) is 64.5 Å². The number of hydrogen-bond donors (Lipinski definition) is 2. The predicted molar refractivity (Wildman–Crippen MR) is 89.3 cm³/mol. The Kier molecular flexibility index (Phi) is 7.50. The van der Waals surface area contributed by atoms with E-state index in [9.17, 15) is 5.11 Å². The van der Waals surface area contributed by atoms with Crippen molar-refractivity contribution in [2.24, 2.45) is 5.73 Å². The van der Waals surface area contributed by atoms with E-state index in [1.165, 1.54) is 0 Å². The molecule has 0 radical (unpaired) electrons. The molecular weight excluding hydrogens is 286 g/mol. The molecule has 0 fully saturated rings. The maximum Gasteiger partial charge on any atom is 0.125 e. The lowest BCUT2D eigenvalue weighted by Gasteiger charge is -2.20. The fraction of sp³-hybridized carbons (Fsp3) is 0.647. The van der Waals surface area contributed by atoms with E-state index >= 15 is 0 Å². The summed E-state index contributed by atoms with van der Waals surface area (Å²) in [4.78, 5) is 0. The molecule has 1 rings (SSSR count). The molecular formula is C17H28ClNO2. The first-order valence-electron chi connectivity index (χ1n) is 7.70. The van der Waals surface area contributed by atoms with Crippen LogP contribution in [0.3, 0.4) is 0 Å². The maximum atomic E-state index is 10.1. The number of aliphatic hydroxyl groups is 1. The van der Waals surface area contributed by atoms with Gasteiger partial charge in [-0.1, -0.05) is 38.8 Å². The van der Waals surface area contributed by atoms with Crippen molar-refractivity contribution in [3.05, 3.63) is 28.3 Å². The van der Waals surface area contributed by atoms with Crippen molar-refractivity contribution in [3.63, 3.8) is 0 Å². The number of aryl methyl sites for hydroxylation is 1. The van der Waals surface area contributed by atoms with E-state index in [0.29, 0.717) is 23.8 Å². The van der Waals surface area contributed by atoms with E-state index in [0.717, 1.165) is 29.7 Å². The number of ether oxygens (including phenoxy) is 1. The predicted octanol–water partition coefficient (Wildman–Crippen LogP) is 3.89. The molecule has 0 aromatic heterocycles. The standard InChI is InChI=1S/C17H28ClNO2/c1-5-6-15(19)16(20)8-7-12-9-13(18)10-14(11(2)3)17(12)21-4/h9-11,15-16,20H,5-8,19H2,1-4H3. The summed E-state index contributed by atoms with van der Waals surface area (Å²) in [6, 6.07) is 3.71. The van der Waals surface area contributed by atoms with Crippen molar-refractivity contribution in [3.8, 4) is 5.75 Å². The van der Waals surface area contributed by atoms with E-state index < -0.39 is 6.10 Å². The molecule has 3 N–H and O–H groups in total. The molecule has 0 heterocycles. The van der Waals surface area contributed by atoms with Crippen LogP contribution < -0.4 is 10.5 Å². The van der Waals surface area contributed by atoms with Crippen LogP contribution in [-0.2, 0) is 6.42 Å². The molecule has 0 aliphatic rings. The van der Waals surface area contributed by atoms with Gasteiger partial charge in [0.05, 0.1) is 13.2 Å². The Balaban J connectivity index is 2.87. The number of nitrogens with two attached hydrogens (primary N) is 1. The fourth-order valence-corrected chi connectivity index (χ4v) is 2.83. The first kappa shape index (κ1) is 18.3. The summed E-state index contributed by atoms with van der Waals surface area (Å²) in [5.74, 6) is 1.22. The van der Waals surface area contributed by atoms with Crippen molar-refractivity contribution in [1.29, 1.82) is 0 Å². The Morgan fingerprint density at radius 1 is 1.29 bits per heavy atom. The Morgan fingerprint density at radius 2 is 1.95 bits per heavy atom. The number of halogens is 1. The van der Waals surface area contributed by atoms with Gasteiger partial charge >= 0.3 is 0 Å². The third-order valence-corrected chi connectivity index (χ3v) is 4.03. The van der Waals surface area contributed by atoms with Gasteiger partial charge in [-0.2, -0.15) is 0 Å². The van der Waals surface area contributed by atoms with Crippen molar-refractivity contribution in [2.75, 3.05) is 7.11 Å². The van der Waals surface area contributed by atoms with Crippen LogP contribution in [0, 0.1) is 0 Å². The maximum absolute atomic E-state index is 10.1. The van der Waals surface area contributed by atoms with Gasteiger partial charge in [0.25, 0.3) is 0 Å². The molecule has 120 valence electrons. The highest BCUT2D eigenvalue weighted by atomic mass is 35.5. The van der Waals surface area contributed by atoms with Gasteiger partial charge in [-0.05, 0) is 48.4 Å². The zero-order valence-electron chi connectivity index (χ0n) is 13.5. The van der Waals surface area contributed by atoms with E-state index in [-0.39, 0.29) is 6.04 Å². The molecule has 21 heavy (non-hydrogen) atoms. The Labute approximate surface area is 133 Å². The van der Waals surface area contributed by atoms with Gasteiger partial charge in [-0.3, -0.25) is 0 Å². The average Bonchev–Trinajstić information content (AvgIpc) is 2.44. The molecule has 0 bridgehead atoms. The summed E-state index contributed by atoms with van der Waals surface area (Å²) in [5, 5.41) is 10.8. The normalized spacial score (nSPS) is 14.3. The lowest BCUT2D eigenvalue weighted by molar-refractivity contribution is 0.130. The molecule has 0 aliphatic heterocycles. The first-order valence-corrected chi connectivity index (χ1v) is 8.08. The summed E-state index contributed by atoms with van der Waals surface area (Å²) in [7, 11) is 1.68. The topological polar surface area (TPSA) is 55.5 Å². The third kappa shape index (κ3) is 5.17. The SMILES string of the molecule is CCCC(N)C(O)CCc1cc(Cl)cc(C(C)C)c1OC. The van der Waals surface area contributed by atoms with E-state index in [4.69, 9.17) is 22.1 Å². The second-order valence-electron chi connectivity index (χ2n) is 5.90. The average molecular weight is 314 g/mol. The fourth-order valence-electron chi connectivity index (χ4n) is 2.58. The summed E-state index contributed by atoms with van der Waals surface area (Å²) >= 11 is 6.21. The van der Waals surface area contributed by atoms with Gasteiger partial charge in [-0.15, -0.1) is 0 Å². The Hall–Kier alpha value is -0.770. The molecule has 4 heteroatoms. The third-order valence-electron chi connectivity index (χ3n) is 3.81. The monoisotopic (exact) mass is 313 g/mol. The van der Waals surface area contributed by atoms with Crippen molar-refractivity contribution in [1.82, 2.24) is 0 Å². The molecule has 0 saturated heterocycles. The minimum Gasteiger partial charge on any atom is -0.496 e. The molecule has 1 aromatic rings. The minimum atomic E-state index is -0.490. The quantitative estimate of drug-likeness (QED) is 0.765. The number of methoxy groups -OCH3 is 1. The summed E-state index contributed by atoms with van der Waals surface area (Å²) in [5.41, 5.74) is 8.11. The van der Waals surface area contributed by atoms with Gasteiger partial charge in [0.2, 0.25) is 0 Å². The van der Waals surface area contributed by atoms with Gasteiger partial charge in [-0.25, -0.2) is 0 Å². The molecule has 0 saturated carbocycles. The van der Waals surface area contributed by atoms with Crippen LogP contribution in [0.1, 0.15) is 57.1 Å². The van der Waals surface area contributed by atoms with Crippen LogP contribution >= 0.6 is 11.6 Å². The van der Waals surface area contributed by atoms with E-state index in [2.05, 4.69) is 20.8 Å². The van der Waals surface area contributed by atoms with Crippen LogP contribution in [-0.4, -0.2) is 24.4 Å². The van der Waals surface area contributed by atoms with Crippen LogP contribution in [0.15, 0.2) is 12.1 Å². The number of aliphatic hydroxyl groups excluding tert-OH is 1. The smallest absolute Gasteiger partial charge is 0.125 e. The molecule has 1 aromatic carbocycles. The Morgan fingerprint density at radius 3 is 2.48 bits per heavy atom. The van der Waals surface area contributed by atoms with Crippen LogP contribution in [0.2, 0.25) is 5.02 Å². The molecule has 3 nitrogen and oxygen atoms in total. The minimum absolute atomic E-state index is 0.162. The number of rotatable bonds is 8.